The standard InChI is InChI=1S/C17H24O4/c1-3-12-6-5-7-14(10-12)21-15-9-8-13(17(18)19)11-16(15)20-4-2/h8-9,11-12,14H,3-7,10H2,1-2H3,(H,18,19). The second kappa shape index (κ2) is 7.34. The molecule has 1 fully saturated rings. The van der Waals surface area contributed by atoms with Crippen LogP contribution in [0.1, 0.15) is 56.3 Å². The lowest BCUT2D eigenvalue weighted by atomic mass is 9.85. The number of benzene rings is 1. The first-order chi connectivity index (χ1) is 10.1. The SMILES string of the molecule is CCOc1cc(C(=O)O)ccc1OC1CCCC(CC)C1. The average Bonchev–Trinajstić information content (AvgIpc) is 2.49. The van der Waals surface area contributed by atoms with E-state index in [1.807, 2.05) is 6.92 Å². The minimum Gasteiger partial charge on any atom is -0.490 e. The van der Waals surface area contributed by atoms with Gasteiger partial charge in [0.05, 0.1) is 18.3 Å². The summed E-state index contributed by atoms with van der Waals surface area (Å²) in [5, 5.41) is 9.06. The van der Waals surface area contributed by atoms with E-state index in [0.29, 0.717) is 18.1 Å². The summed E-state index contributed by atoms with van der Waals surface area (Å²) in [5.74, 6) is 0.962. The van der Waals surface area contributed by atoms with Crippen molar-refractivity contribution in [3.05, 3.63) is 23.8 Å². The van der Waals surface area contributed by atoms with Crippen LogP contribution in [0.25, 0.3) is 0 Å². The first-order valence-corrected chi connectivity index (χ1v) is 7.80. The Morgan fingerprint density at radius 1 is 1.29 bits per heavy atom. The van der Waals surface area contributed by atoms with Gasteiger partial charge in [-0.25, -0.2) is 4.79 Å². The fourth-order valence-corrected chi connectivity index (χ4v) is 2.91. The van der Waals surface area contributed by atoms with Crippen molar-refractivity contribution in [2.24, 2.45) is 5.92 Å². The number of carboxylic acids is 1. The summed E-state index contributed by atoms with van der Waals surface area (Å²) in [5.41, 5.74) is 0.223. The van der Waals surface area contributed by atoms with E-state index in [9.17, 15) is 4.79 Å². The summed E-state index contributed by atoms with van der Waals surface area (Å²) in [6, 6.07) is 4.83. The lowest BCUT2D eigenvalue weighted by molar-refractivity contribution is 0.0696. The van der Waals surface area contributed by atoms with E-state index in [0.717, 1.165) is 18.8 Å². The zero-order chi connectivity index (χ0) is 15.2. The topological polar surface area (TPSA) is 55.8 Å². The number of carboxylic acid groups (broad SMARTS) is 1. The van der Waals surface area contributed by atoms with Gasteiger partial charge in [-0.05, 0) is 50.3 Å². The zero-order valence-corrected chi connectivity index (χ0v) is 12.8. The minimum absolute atomic E-state index is 0.207. The third-order valence-electron chi connectivity index (χ3n) is 4.10. The molecule has 1 saturated carbocycles. The van der Waals surface area contributed by atoms with Gasteiger partial charge in [-0.2, -0.15) is 0 Å². The largest absolute Gasteiger partial charge is 0.490 e. The van der Waals surface area contributed by atoms with Crippen molar-refractivity contribution in [1.82, 2.24) is 0 Å². The van der Waals surface area contributed by atoms with Crippen molar-refractivity contribution >= 4 is 5.97 Å². The Morgan fingerprint density at radius 3 is 2.76 bits per heavy atom. The summed E-state index contributed by atoms with van der Waals surface area (Å²) in [6.07, 6.45) is 6.01. The molecule has 1 aromatic carbocycles. The van der Waals surface area contributed by atoms with Crippen molar-refractivity contribution in [2.45, 2.75) is 52.1 Å². The third kappa shape index (κ3) is 4.13. The number of ether oxygens (including phenoxy) is 2. The number of carbonyl (C=O) groups is 1. The molecular formula is C17H24O4. The predicted molar refractivity (Wildman–Crippen MR) is 81.2 cm³/mol. The van der Waals surface area contributed by atoms with E-state index < -0.39 is 5.97 Å². The van der Waals surface area contributed by atoms with Crippen molar-refractivity contribution < 1.29 is 19.4 Å². The van der Waals surface area contributed by atoms with Gasteiger partial charge in [0.2, 0.25) is 0 Å². The maximum Gasteiger partial charge on any atom is 0.335 e. The monoisotopic (exact) mass is 292 g/mol. The molecule has 2 atom stereocenters. The average molecular weight is 292 g/mol. The van der Waals surface area contributed by atoms with Gasteiger partial charge in [0.1, 0.15) is 0 Å². The molecule has 2 rings (SSSR count). The van der Waals surface area contributed by atoms with Crippen molar-refractivity contribution in [3.8, 4) is 11.5 Å². The van der Waals surface area contributed by atoms with Crippen LogP contribution in [0.4, 0.5) is 0 Å². The molecule has 0 saturated heterocycles. The van der Waals surface area contributed by atoms with E-state index in [-0.39, 0.29) is 11.7 Å². The molecule has 0 bridgehead atoms. The molecule has 0 spiro atoms. The molecule has 0 heterocycles. The van der Waals surface area contributed by atoms with Crippen LogP contribution in [-0.4, -0.2) is 23.8 Å². The number of hydrogen-bond acceptors (Lipinski definition) is 3. The van der Waals surface area contributed by atoms with Gasteiger partial charge < -0.3 is 14.6 Å². The van der Waals surface area contributed by atoms with Crippen molar-refractivity contribution in [1.29, 1.82) is 0 Å². The smallest absolute Gasteiger partial charge is 0.335 e. The molecule has 1 aromatic rings. The van der Waals surface area contributed by atoms with Crippen LogP contribution in [-0.2, 0) is 0 Å². The Hall–Kier alpha value is -1.71. The molecule has 116 valence electrons. The van der Waals surface area contributed by atoms with E-state index in [1.165, 1.54) is 19.3 Å². The maximum atomic E-state index is 11.0. The summed E-state index contributed by atoms with van der Waals surface area (Å²) in [4.78, 5) is 11.0. The molecule has 0 amide bonds. The predicted octanol–water partition coefficient (Wildman–Crippen LogP) is 4.13. The molecule has 0 radical (unpaired) electrons. The van der Waals surface area contributed by atoms with Crippen LogP contribution in [0.15, 0.2) is 18.2 Å². The summed E-state index contributed by atoms with van der Waals surface area (Å²) in [7, 11) is 0. The fourth-order valence-electron chi connectivity index (χ4n) is 2.91. The van der Waals surface area contributed by atoms with Gasteiger partial charge in [0.15, 0.2) is 11.5 Å². The Morgan fingerprint density at radius 2 is 2.10 bits per heavy atom. The van der Waals surface area contributed by atoms with E-state index >= 15 is 0 Å². The van der Waals surface area contributed by atoms with E-state index in [1.54, 1.807) is 18.2 Å². The van der Waals surface area contributed by atoms with Crippen LogP contribution >= 0.6 is 0 Å². The Labute approximate surface area is 126 Å². The summed E-state index contributed by atoms with van der Waals surface area (Å²) < 4.78 is 11.6. The first-order valence-electron chi connectivity index (χ1n) is 7.80. The second-order valence-electron chi connectivity index (χ2n) is 5.58. The maximum absolute atomic E-state index is 11.0. The van der Waals surface area contributed by atoms with Crippen molar-refractivity contribution in [3.63, 3.8) is 0 Å². The van der Waals surface area contributed by atoms with Gasteiger partial charge in [0.25, 0.3) is 0 Å². The fraction of sp³-hybridized carbons (Fsp3) is 0.588. The minimum atomic E-state index is -0.953. The highest BCUT2D eigenvalue weighted by atomic mass is 16.5. The molecule has 1 aliphatic rings. The highest BCUT2D eigenvalue weighted by Crippen LogP contribution is 2.34. The molecule has 1 N–H and O–H groups in total. The van der Waals surface area contributed by atoms with Crippen LogP contribution in [0.2, 0.25) is 0 Å². The van der Waals surface area contributed by atoms with Crippen LogP contribution in [0.5, 0.6) is 11.5 Å². The Kier molecular flexibility index (Phi) is 5.48. The normalized spacial score (nSPS) is 21.8. The number of aromatic carboxylic acids is 1. The molecule has 2 unspecified atom stereocenters. The quantitative estimate of drug-likeness (QED) is 0.856. The van der Waals surface area contributed by atoms with Gasteiger partial charge in [0, 0.05) is 0 Å². The van der Waals surface area contributed by atoms with Gasteiger partial charge in [-0.1, -0.05) is 19.8 Å². The molecule has 4 heteroatoms. The summed E-state index contributed by atoms with van der Waals surface area (Å²) >= 11 is 0. The van der Waals surface area contributed by atoms with Gasteiger partial charge >= 0.3 is 5.97 Å². The van der Waals surface area contributed by atoms with Crippen molar-refractivity contribution in [2.75, 3.05) is 6.61 Å². The van der Waals surface area contributed by atoms with E-state index in [2.05, 4.69) is 6.92 Å². The van der Waals surface area contributed by atoms with Crippen LogP contribution < -0.4 is 9.47 Å². The van der Waals surface area contributed by atoms with Crippen LogP contribution in [0, 0.1) is 5.92 Å². The molecule has 0 aliphatic heterocycles. The third-order valence-corrected chi connectivity index (χ3v) is 4.10. The van der Waals surface area contributed by atoms with E-state index in [4.69, 9.17) is 14.6 Å². The highest BCUT2D eigenvalue weighted by molar-refractivity contribution is 5.88. The molecular weight excluding hydrogens is 268 g/mol. The lowest BCUT2D eigenvalue weighted by Crippen LogP contribution is -2.25. The first kappa shape index (κ1) is 15.7. The number of hydrogen-bond donors (Lipinski definition) is 1. The van der Waals surface area contributed by atoms with Gasteiger partial charge in [-0.3, -0.25) is 0 Å². The Balaban J connectivity index is 2.12. The zero-order valence-electron chi connectivity index (χ0n) is 12.8. The van der Waals surface area contributed by atoms with Gasteiger partial charge in [-0.15, -0.1) is 0 Å². The highest BCUT2D eigenvalue weighted by Gasteiger charge is 2.23. The second-order valence-corrected chi connectivity index (χ2v) is 5.58. The lowest BCUT2D eigenvalue weighted by Gasteiger charge is -2.29. The number of rotatable bonds is 6. The molecule has 1 aliphatic carbocycles. The summed E-state index contributed by atoms with van der Waals surface area (Å²) in [6.45, 7) is 4.59. The van der Waals surface area contributed by atoms with Crippen LogP contribution in [0.3, 0.4) is 0 Å². The molecule has 0 aromatic heterocycles. The Bertz CT molecular complexity index is 484. The molecule has 21 heavy (non-hydrogen) atoms. The molecule has 4 nitrogen and oxygen atoms in total.